The van der Waals surface area contributed by atoms with Crippen molar-refractivity contribution in [3.63, 3.8) is 0 Å². The Labute approximate surface area is 220 Å². The summed E-state index contributed by atoms with van der Waals surface area (Å²) < 4.78 is 38.8. The van der Waals surface area contributed by atoms with Crippen LogP contribution in [0.5, 0.6) is 0 Å². The fraction of sp³-hybridized carbons (Fsp3) is 0.433. The van der Waals surface area contributed by atoms with E-state index in [-0.39, 0.29) is 18.6 Å². The van der Waals surface area contributed by atoms with Gasteiger partial charge in [0.05, 0.1) is 12.2 Å². The van der Waals surface area contributed by atoms with E-state index in [9.17, 15) is 23.1 Å². The van der Waals surface area contributed by atoms with E-state index in [0.717, 1.165) is 50.9 Å². The van der Waals surface area contributed by atoms with E-state index >= 15 is 0 Å². The summed E-state index contributed by atoms with van der Waals surface area (Å²) in [7, 11) is 0. The molecule has 1 atom stereocenters. The molecule has 5 rings (SSSR count). The molecule has 38 heavy (non-hydrogen) atoms. The highest BCUT2D eigenvalue weighted by Gasteiger charge is 2.34. The number of nitrogens with zero attached hydrogens (tertiary/aromatic N) is 2. The van der Waals surface area contributed by atoms with E-state index in [2.05, 4.69) is 34.3 Å². The Hall–Kier alpha value is -3.10. The number of amides is 1. The van der Waals surface area contributed by atoms with E-state index in [0.29, 0.717) is 30.5 Å². The summed E-state index contributed by atoms with van der Waals surface area (Å²) in [5, 5.41) is 11.6. The van der Waals surface area contributed by atoms with Gasteiger partial charge in [-0.3, -0.25) is 9.69 Å². The molecule has 2 aliphatic rings. The number of aliphatic hydroxyl groups excluding tert-OH is 1. The number of hydrogen-bond donors (Lipinski definition) is 2. The predicted octanol–water partition coefficient (Wildman–Crippen LogP) is 5.68. The minimum Gasteiger partial charge on any atom is -0.395 e. The minimum atomic E-state index is -4.41. The van der Waals surface area contributed by atoms with Crippen LogP contribution in [0.2, 0.25) is 0 Å². The average Bonchev–Trinajstić information content (AvgIpc) is 3.37. The van der Waals surface area contributed by atoms with Crippen LogP contribution in [-0.4, -0.2) is 64.6 Å². The van der Waals surface area contributed by atoms with Crippen molar-refractivity contribution >= 4 is 22.9 Å². The highest BCUT2D eigenvalue weighted by Crippen LogP contribution is 2.35. The number of para-hydroxylation sites is 1. The van der Waals surface area contributed by atoms with Crippen LogP contribution in [0, 0.1) is 5.92 Å². The number of fused-ring (bicyclic) bond motifs is 1. The first-order valence-electron chi connectivity index (χ1n) is 13.4. The topological polar surface area (TPSA) is 59.6 Å². The number of carbonyl (C=O) groups is 1. The number of piperidine rings is 2. The first-order chi connectivity index (χ1) is 18.3. The predicted molar refractivity (Wildman–Crippen MR) is 143 cm³/mol. The minimum absolute atomic E-state index is 0.0804. The Morgan fingerprint density at radius 1 is 1.03 bits per heavy atom. The van der Waals surface area contributed by atoms with E-state index in [4.69, 9.17) is 0 Å². The zero-order valence-electron chi connectivity index (χ0n) is 21.3. The van der Waals surface area contributed by atoms with Crippen LogP contribution in [0.3, 0.4) is 0 Å². The van der Waals surface area contributed by atoms with Crippen LogP contribution in [0.15, 0.2) is 60.8 Å². The fourth-order valence-corrected chi connectivity index (χ4v) is 6.13. The lowest BCUT2D eigenvalue weighted by Gasteiger charge is -2.43. The first-order valence-corrected chi connectivity index (χ1v) is 13.4. The van der Waals surface area contributed by atoms with Gasteiger partial charge in [-0.15, -0.1) is 0 Å². The molecular formula is C30H34F3N3O2. The van der Waals surface area contributed by atoms with Gasteiger partial charge in [0.15, 0.2) is 0 Å². The van der Waals surface area contributed by atoms with Crippen LogP contribution in [0.1, 0.15) is 48.3 Å². The van der Waals surface area contributed by atoms with Gasteiger partial charge in [0.25, 0.3) is 0 Å². The number of nitrogens with one attached hydrogen (secondary N) is 1. The van der Waals surface area contributed by atoms with Crippen molar-refractivity contribution in [3.8, 4) is 0 Å². The molecule has 2 saturated heterocycles. The Bertz CT molecular complexity index is 1270. The summed E-state index contributed by atoms with van der Waals surface area (Å²) in [6, 6.07) is 13.4. The van der Waals surface area contributed by atoms with Crippen LogP contribution in [0.4, 0.5) is 13.2 Å². The maximum absolute atomic E-state index is 12.9. The standard InChI is InChI=1S/C30H34F3N3O2/c31-30(32,33)24-5-3-4-21(18-24)8-9-29(38)36-16-12-23(13-17-36)28(20-37)35-14-10-22(11-15-35)26-19-34-27-7-2-1-6-25(26)27/h1-9,18-19,22-23,28,34,37H,10-17,20H2. The summed E-state index contributed by atoms with van der Waals surface area (Å²) in [5.41, 5.74) is 2.17. The molecule has 5 nitrogen and oxygen atoms in total. The van der Waals surface area contributed by atoms with Crippen molar-refractivity contribution in [2.24, 2.45) is 5.92 Å². The molecule has 0 bridgehead atoms. The Balaban J connectivity index is 1.13. The second kappa shape index (κ2) is 11.3. The summed E-state index contributed by atoms with van der Waals surface area (Å²) in [4.78, 5) is 20.2. The number of alkyl halides is 3. The fourth-order valence-electron chi connectivity index (χ4n) is 6.13. The van der Waals surface area contributed by atoms with Gasteiger partial charge in [0, 0.05) is 42.3 Å². The molecule has 0 spiro atoms. The zero-order chi connectivity index (χ0) is 26.7. The molecule has 1 unspecified atom stereocenters. The molecule has 1 amide bonds. The lowest BCUT2D eigenvalue weighted by atomic mass is 9.84. The maximum atomic E-state index is 12.9. The third kappa shape index (κ3) is 5.81. The number of carbonyl (C=O) groups excluding carboxylic acids is 1. The molecule has 1 aromatic heterocycles. The summed E-state index contributed by atoms with van der Waals surface area (Å²) in [6.45, 7) is 3.14. The van der Waals surface area contributed by atoms with Crippen molar-refractivity contribution in [1.82, 2.24) is 14.8 Å². The van der Waals surface area contributed by atoms with Crippen molar-refractivity contribution in [1.29, 1.82) is 0 Å². The molecule has 0 radical (unpaired) electrons. The number of benzene rings is 2. The molecule has 3 aromatic rings. The van der Waals surface area contributed by atoms with E-state index in [1.54, 1.807) is 11.0 Å². The Morgan fingerprint density at radius 2 is 1.76 bits per heavy atom. The van der Waals surface area contributed by atoms with Crippen LogP contribution >= 0.6 is 0 Å². The van der Waals surface area contributed by atoms with Crippen LogP contribution < -0.4 is 0 Å². The van der Waals surface area contributed by atoms with Gasteiger partial charge in [-0.25, -0.2) is 0 Å². The monoisotopic (exact) mass is 525 g/mol. The molecule has 0 aliphatic carbocycles. The SMILES string of the molecule is O=C(C=Cc1cccc(C(F)(F)F)c1)N1CCC(C(CO)N2CCC(c3c[nH]c4ccccc34)CC2)CC1. The van der Waals surface area contributed by atoms with Crippen molar-refractivity contribution in [2.75, 3.05) is 32.8 Å². The number of hydrogen-bond acceptors (Lipinski definition) is 3. The number of aliphatic hydroxyl groups is 1. The summed E-state index contributed by atoms with van der Waals surface area (Å²) in [5.74, 6) is 0.618. The molecule has 2 aromatic carbocycles. The molecule has 8 heteroatoms. The van der Waals surface area contributed by atoms with Gasteiger partial charge in [-0.05, 0) is 86.0 Å². The molecule has 2 aliphatic heterocycles. The Morgan fingerprint density at radius 3 is 2.47 bits per heavy atom. The van der Waals surface area contributed by atoms with Crippen molar-refractivity contribution in [2.45, 2.75) is 43.8 Å². The summed E-state index contributed by atoms with van der Waals surface area (Å²) in [6.07, 6.45) is 4.24. The van der Waals surface area contributed by atoms with E-state index < -0.39 is 11.7 Å². The smallest absolute Gasteiger partial charge is 0.395 e. The molecule has 2 N–H and O–H groups in total. The third-order valence-corrected chi connectivity index (χ3v) is 8.27. The molecular weight excluding hydrogens is 491 g/mol. The largest absolute Gasteiger partial charge is 0.416 e. The third-order valence-electron chi connectivity index (χ3n) is 8.27. The quantitative estimate of drug-likeness (QED) is 0.407. The highest BCUT2D eigenvalue weighted by atomic mass is 19.4. The van der Waals surface area contributed by atoms with Gasteiger partial charge in [-0.1, -0.05) is 30.3 Å². The van der Waals surface area contributed by atoms with Crippen molar-refractivity contribution in [3.05, 3.63) is 77.5 Å². The maximum Gasteiger partial charge on any atom is 0.416 e. The van der Waals surface area contributed by atoms with Crippen molar-refractivity contribution < 1.29 is 23.1 Å². The van der Waals surface area contributed by atoms with Crippen LogP contribution in [-0.2, 0) is 11.0 Å². The number of rotatable bonds is 6. The average molecular weight is 526 g/mol. The number of H-pyrrole nitrogens is 1. The second-order valence-corrected chi connectivity index (χ2v) is 10.5. The lowest BCUT2D eigenvalue weighted by Crippen LogP contribution is -2.50. The molecule has 2 fully saturated rings. The number of aromatic nitrogens is 1. The Kier molecular flexibility index (Phi) is 7.91. The highest BCUT2D eigenvalue weighted by molar-refractivity contribution is 5.91. The van der Waals surface area contributed by atoms with E-state index in [1.807, 2.05) is 6.07 Å². The van der Waals surface area contributed by atoms with Gasteiger partial charge in [0.2, 0.25) is 5.91 Å². The lowest BCUT2D eigenvalue weighted by molar-refractivity contribution is -0.137. The van der Waals surface area contributed by atoms with E-state index in [1.165, 1.54) is 34.7 Å². The second-order valence-electron chi connectivity index (χ2n) is 10.5. The number of likely N-dealkylation sites (tertiary alicyclic amines) is 2. The molecule has 202 valence electrons. The number of aromatic amines is 1. The van der Waals surface area contributed by atoms with Gasteiger partial charge in [0.1, 0.15) is 0 Å². The molecule has 0 saturated carbocycles. The normalized spacial score (nSPS) is 19.4. The van der Waals surface area contributed by atoms with Gasteiger partial charge < -0.3 is 15.0 Å². The van der Waals surface area contributed by atoms with Crippen LogP contribution in [0.25, 0.3) is 17.0 Å². The van der Waals surface area contributed by atoms with Gasteiger partial charge >= 0.3 is 6.18 Å². The molecule has 3 heterocycles. The zero-order valence-corrected chi connectivity index (χ0v) is 21.3. The summed E-state index contributed by atoms with van der Waals surface area (Å²) >= 11 is 0. The number of halogens is 3. The first kappa shape index (κ1) is 26.5. The van der Waals surface area contributed by atoms with Gasteiger partial charge in [-0.2, -0.15) is 13.2 Å².